The molecule has 1 N–H and O–H groups in total. The van der Waals surface area contributed by atoms with Gasteiger partial charge in [0.2, 0.25) is 5.91 Å². The van der Waals surface area contributed by atoms with E-state index in [2.05, 4.69) is 24.1 Å². The molecule has 0 unspecified atom stereocenters. The maximum atomic E-state index is 13.7. The Labute approximate surface area is 213 Å². The average molecular weight is 496 g/mol. The fraction of sp³-hybridized carbons (Fsp3) is 0.517. The Kier molecular flexibility index (Phi) is 8.75. The summed E-state index contributed by atoms with van der Waals surface area (Å²) in [6.45, 7) is 9.02. The van der Waals surface area contributed by atoms with E-state index >= 15 is 0 Å². The van der Waals surface area contributed by atoms with E-state index in [-0.39, 0.29) is 17.6 Å². The second-order valence-electron chi connectivity index (χ2n) is 10.4. The maximum Gasteiger partial charge on any atom is 0.254 e. The summed E-state index contributed by atoms with van der Waals surface area (Å²) in [7, 11) is 1.59. The molecule has 2 aromatic rings. The molecule has 0 aliphatic carbocycles. The Morgan fingerprint density at radius 3 is 2.44 bits per heavy atom. The van der Waals surface area contributed by atoms with Crippen molar-refractivity contribution in [3.8, 4) is 0 Å². The highest BCUT2D eigenvalue weighted by Gasteiger charge is 2.43. The fourth-order valence-corrected chi connectivity index (χ4v) is 5.94. The lowest BCUT2D eigenvalue weighted by Gasteiger charge is -2.41. The van der Waals surface area contributed by atoms with E-state index in [1.54, 1.807) is 30.2 Å². The van der Waals surface area contributed by atoms with E-state index in [1.807, 2.05) is 18.2 Å². The molecule has 2 aliphatic rings. The summed E-state index contributed by atoms with van der Waals surface area (Å²) in [4.78, 5) is 31.4. The first-order valence-electron chi connectivity index (χ1n) is 13.0. The minimum Gasteiger partial charge on any atom is -0.383 e. The molecule has 2 amide bonds. The predicted molar refractivity (Wildman–Crippen MR) is 138 cm³/mol. The quantitative estimate of drug-likeness (QED) is 0.529. The van der Waals surface area contributed by atoms with Crippen molar-refractivity contribution in [2.45, 2.75) is 38.6 Å². The molecule has 0 aromatic heterocycles. The molecule has 194 valence electrons. The first-order chi connectivity index (χ1) is 17.4. The summed E-state index contributed by atoms with van der Waals surface area (Å²) >= 11 is 0. The fourth-order valence-electron chi connectivity index (χ4n) is 5.94. The van der Waals surface area contributed by atoms with Crippen LogP contribution in [0, 0.1) is 17.7 Å². The zero-order chi connectivity index (χ0) is 25.7. The maximum absolute atomic E-state index is 13.7. The number of amides is 2. The lowest BCUT2D eigenvalue weighted by Crippen LogP contribution is -2.48. The Morgan fingerprint density at radius 1 is 1.06 bits per heavy atom. The summed E-state index contributed by atoms with van der Waals surface area (Å²) in [5.74, 6) is 0.188. The minimum atomic E-state index is -0.601. The highest BCUT2D eigenvalue weighted by atomic mass is 19.1. The van der Waals surface area contributed by atoms with E-state index in [0.29, 0.717) is 42.7 Å². The number of methoxy groups -OCH3 is 1. The number of halogens is 1. The highest BCUT2D eigenvalue weighted by Crippen LogP contribution is 2.42. The van der Waals surface area contributed by atoms with Crippen molar-refractivity contribution >= 4 is 11.8 Å². The van der Waals surface area contributed by atoms with Crippen LogP contribution in [0.5, 0.6) is 0 Å². The highest BCUT2D eigenvalue weighted by molar-refractivity contribution is 6.01. The second-order valence-corrected chi connectivity index (χ2v) is 10.4. The summed E-state index contributed by atoms with van der Waals surface area (Å²) in [5.41, 5.74) is 1.97. The molecule has 1 fully saturated rings. The van der Waals surface area contributed by atoms with Crippen molar-refractivity contribution in [1.82, 2.24) is 15.1 Å². The number of rotatable bonds is 9. The Morgan fingerprint density at radius 2 is 1.75 bits per heavy atom. The Balaban J connectivity index is 1.55. The number of piperidine rings is 1. The average Bonchev–Trinajstić information content (AvgIpc) is 2.86. The molecule has 0 saturated carbocycles. The first-order valence-corrected chi connectivity index (χ1v) is 13.0. The summed E-state index contributed by atoms with van der Waals surface area (Å²) in [6.07, 6.45) is 2.14. The number of likely N-dealkylation sites (tertiary alicyclic amines) is 1. The largest absolute Gasteiger partial charge is 0.383 e. The molecule has 36 heavy (non-hydrogen) atoms. The van der Waals surface area contributed by atoms with Gasteiger partial charge in [-0.05, 0) is 60.5 Å². The number of nitrogens with zero attached hydrogens (tertiary/aromatic N) is 2. The number of hydrogen-bond donors (Lipinski definition) is 1. The third-order valence-electron chi connectivity index (χ3n) is 7.36. The van der Waals surface area contributed by atoms with E-state index < -0.39 is 12.0 Å². The van der Waals surface area contributed by atoms with Crippen LogP contribution < -0.4 is 5.32 Å². The van der Waals surface area contributed by atoms with Crippen LogP contribution >= 0.6 is 0 Å². The van der Waals surface area contributed by atoms with Crippen molar-refractivity contribution < 1.29 is 18.7 Å². The number of benzene rings is 2. The van der Waals surface area contributed by atoms with Crippen LogP contribution in [0.15, 0.2) is 48.5 Å². The zero-order valence-corrected chi connectivity index (χ0v) is 21.6. The lowest BCUT2D eigenvalue weighted by molar-refractivity contribution is -0.124. The molecule has 4 rings (SSSR count). The number of nitrogens with one attached hydrogen (secondary N) is 1. The van der Waals surface area contributed by atoms with Gasteiger partial charge < -0.3 is 19.9 Å². The smallest absolute Gasteiger partial charge is 0.254 e. The van der Waals surface area contributed by atoms with Gasteiger partial charge in [-0.2, -0.15) is 0 Å². The van der Waals surface area contributed by atoms with Crippen molar-refractivity contribution in [3.05, 3.63) is 71.0 Å². The van der Waals surface area contributed by atoms with Crippen LogP contribution in [0.25, 0.3) is 0 Å². The van der Waals surface area contributed by atoms with Crippen LogP contribution in [0.3, 0.4) is 0 Å². The SMILES string of the molecule is COCCN1C(=O)c2ccccc2[C@H](C(=O)NCCCN2C[C@H](C)C[C@H](C)C2)[C@H]1c1ccc(F)cc1. The van der Waals surface area contributed by atoms with Gasteiger partial charge in [-0.15, -0.1) is 0 Å². The molecular formula is C29H38FN3O3. The summed E-state index contributed by atoms with van der Waals surface area (Å²) < 4.78 is 19.0. The minimum absolute atomic E-state index is 0.118. The van der Waals surface area contributed by atoms with Gasteiger partial charge >= 0.3 is 0 Å². The number of carbonyl (C=O) groups is 2. The Bertz CT molecular complexity index is 1030. The van der Waals surface area contributed by atoms with Gasteiger partial charge in [0.25, 0.3) is 5.91 Å². The Hall–Kier alpha value is -2.77. The molecular weight excluding hydrogens is 457 g/mol. The molecule has 7 heteroatoms. The number of ether oxygens (including phenoxy) is 1. The van der Waals surface area contributed by atoms with E-state index in [1.165, 1.54) is 18.6 Å². The van der Waals surface area contributed by atoms with Gasteiger partial charge in [-0.3, -0.25) is 9.59 Å². The number of fused-ring (bicyclic) bond motifs is 1. The molecule has 0 bridgehead atoms. The van der Waals surface area contributed by atoms with Crippen LogP contribution in [0.4, 0.5) is 4.39 Å². The zero-order valence-electron chi connectivity index (χ0n) is 21.6. The third kappa shape index (κ3) is 5.95. The first kappa shape index (κ1) is 26.3. The van der Waals surface area contributed by atoms with Crippen molar-refractivity contribution in [3.63, 3.8) is 0 Å². The van der Waals surface area contributed by atoms with Crippen LogP contribution in [0.1, 0.15) is 60.1 Å². The van der Waals surface area contributed by atoms with Gasteiger partial charge in [0, 0.05) is 38.9 Å². The third-order valence-corrected chi connectivity index (χ3v) is 7.36. The number of carbonyl (C=O) groups excluding carboxylic acids is 2. The standard InChI is InChI=1S/C29H38FN3O3/c1-20-17-21(2)19-32(18-20)14-6-13-31-28(34)26-24-7-4-5-8-25(24)29(35)33(15-16-36-3)27(26)22-9-11-23(30)12-10-22/h4-5,7-12,20-21,26-27H,6,13-19H2,1-3H3,(H,31,34)/t20-,21+,26-,27+/m0/s1. The van der Waals surface area contributed by atoms with Crippen LogP contribution in [-0.2, 0) is 9.53 Å². The topological polar surface area (TPSA) is 61.9 Å². The molecule has 0 spiro atoms. The molecule has 4 atom stereocenters. The molecule has 2 heterocycles. The van der Waals surface area contributed by atoms with Gasteiger partial charge in [-0.25, -0.2) is 4.39 Å². The van der Waals surface area contributed by atoms with E-state index in [9.17, 15) is 14.0 Å². The molecule has 1 saturated heterocycles. The lowest BCUT2D eigenvalue weighted by atomic mass is 9.79. The van der Waals surface area contributed by atoms with Gasteiger partial charge in [0.1, 0.15) is 5.82 Å². The molecule has 2 aromatic carbocycles. The van der Waals surface area contributed by atoms with Crippen molar-refractivity contribution in [2.24, 2.45) is 11.8 Å². The predicted octanol–water partition coefficient (Wildman–Crippen LogP) is 4.24. The monoisotopic (exact) mass is 495 g/mol. The van der Waals surface area contributed by atoms with Crippen LogP contribution in [-0.4, -0.2) is 68.1 Å². The normalized spacial score (nSPS) is 24.4. The number of hydrogen-bond acceptors (Lipinski definition) is 4. The summed E-state index contributed by atoms with van der Waals surface area (Å²) in [6, 6.07) is 12.9. The van der Waals surface area contributed by atoms with Gasteiger partial charge in [-0.1, -0.05) is 44.2 Å². The van der Waals surface area contributed by atoms with E-state index in [4.69, 9.17) is 4.74 Å². The molecule has 6 nitrogen and oxygen atoms in total. The van der Waals surface area contributed by atoms with Crippen molar-refractivity contribution in [2.75, 3.05) is 46.4 Å². The van der Waals surface area contributed by atoms with Crippen LogP contribution in [0.2, 0.25) is 0 Å². The van der Waals surface area contributed by atoms with Crippen molar-refractivity contribution in [1.29, 1.82) is 0 Å². The summed E-state index contributed by atoms with van der Waals surface area (Å²) in [5, 5.41) is 3.15. The van der Waals surface area contributed by atoms with E-state index in [0.717, 1.165) is 31.6 Å². The molecule has 0 radical (unpaired) electrons. The second kappa shape index (κ2) is 12.0. The van der Waals surface area contributed by atoms with Gasteiger partial charge in [0.05, 0.1) is 18.6 Å². The van der Waals surface area contributed by atoms with Gasteiger partial charge in [0.15, 0.2) is 0 Å². The molecule has 2 aliphatic heterocycles.